The van der Waals surface area contributed by atoms with Crippen LogP contribution in [0.5, 0.6) is 0 Å². The van der Waals surface area contributed by atoms with Gasteiger partial charge in [-0.2, -0.15) is 0 Å². The van der Waals surface area contributed by atoms with Gasteiger partial charge >= 0.3 is 0 Å². The predicted molar refractivity (Wildman–Crippen MR) is 112 cm³/mol. The summed E-state index contributed by atoms with van der Waals surface area (Å²) in [6, 6.07) is 16.1. The third-order valence-corrected chi connectivity index (χ3v) is 5.93. The zero-order valence-corrected chi connectivity index (χ0v) is 15.6. The van der Waals surface area contributed by atoms with Gasteiger partial charge < -0.3 is 15.3 Å². The lowest BCUT2D eigenvalue weighted by Gasteiger charge is -2.28. The topological polar surface area (TPSA) is 60.7 Å². The number of nitrogens with one attached hydrogen (secondary N) is 3. The summed E-state index contributed by atoms with van der Waals surface area (Å²) in [6.07, 6.45) is 3.44. The number of carbonyl (C=O) groups is 1. The molecule has 4 nitrogen and oxygen atoms in total. The number of hydrogen-bond donors (Lipinski definition) is 3. The van der Waals surface area contributed by atoms with Gasteiger partial charge in [-0.1, -0.05) is 12.1 Å². The van der Waals surface area contributed by atoms with E-state index >= 15 is 0 Å². The number of benzene rings is 3. The van der Waals surface area contributed by atoms with Crippen molar-refractivity contribution in [1.82, 2.24) is 9.97 Å². The van der Waals surface area contributed by atoms with Crippen molar-refractivity contribution in [3.63, 3.8) is 0 Å². The zero-order valence-electron chi connectivity index (χ0n) is 15.6. The van der Waals surface area contributed by atoms with E-state index in [9.17, 15) is 13.6 Å². The molecule has 2 aromatic heterocycles. The van der Waals surface area contributed by atoms with E-state index in [-0.39, 0.29) is 5.78 Å². The highest BCUT2D eigenvalue weighted by molar-refractivity contribution is 6.18. The van der Waals surface area contributed by atoms with Crippen LogP contribution in [0.3, 0.4) is 0 Å². The Hall–Kier alpha value is -3.93. The highest BCUT2D eigenvalue weighted by Gasteiger charge is 2.50. The Morgan fingerprint density at radius 1 is 0.733 bits per heavy atom. The summed E-state index contributed by atoms with van der Waals surface area (Å²) in [5, 5.41) is 4.58. The lowest BCUT2D eigenvalue weighted by atomic mass is 9.79. The van der Waals surface area contributed by atoms with Crippen molar-refractivity contribution < 1.29 is 13.6 Å². The quantitative estimate of drug-likeness (QED) is 0.368. The third kappa shape index (κ3) is 2.10. The van der Waals surface area contributed by atoms with Crippen LogP contribution in [0, 0.1) is 11.6 Å². The second-order valence-electron chi connectivity index (χ2n) is 7.53. The van der Waals surface area contributed by atoms with Crippen molar-refractivity contribution in [2.45, 2.75) is 5.54 Å². The van der Waals surface area contributed by atoms with Crippen molar-refractivity contribution in [3.05, 3.63) is 101 Å². The van der Waals surface area contributed by atoms with Gasteiger partial charge in [0.05, 0.1) is 0 Å². The number of aromatic amines is 2. The number of H-pyrrole nitrogens is 2. The zero-order chi connectivity index (χ0) is 20.5. The molecular formula is C24H15F2N3O. The molecule has 0 bridgehead atoms. The molecule has 3 heterocycles. The molecule has 0 aliphatic carbocycles. The van der Waals surface area contributed by atoms with E-state index in [1.165, 1.54) is 24.3 Å². The Morgan fingerprint density at radius 2 is 1.30 bits per heavy atom. The lowest BCUT2D eigenvalue weighted by Crippen LogP contribution is -2.39. The highest BCUT2D eigenvalue weighted by Crippen LogP contribution is 2.48. The molecule has 5 aromatic rings. The molecule has 30 heavy (non-hydrogen) atoms. The molecule has 0 saturated heterocycles. The second kappa shape index (κ2) is 5.79. The number of para-hydroxylation sites is 1. The molecule has 0 spiro atoms. The third-order valence-electron chi connectivity index (χ3n) is 5.93. The highest BCUT2D eigenvalue weighted by atomic mass is 19.1. The van der Waals surface area contributed by atoms with Gasteiger partial charge in [-0.3, -0.25) is 4.79 Å². The number of aromatic nitrogens is 2. The van der Waals surface area contributed by atoms with Crippen LogP contribution in [0.2, 0.25) is 0 Å². The normalized spacial score (nSPS) is 14.9. The number of carbonyl (C=O) groups excluding carboxylic acids is 1. The fourth-order valence-corrected chi connectivity index (χ4v) is 4.58. The van der Waals surface area contributed by atoms with Crippen molar-refractivity contribution in [2.75, 3.05) is 5.32 Å². The predicted octanol–water partition coefficient (Wildman–Crippen LogP) is 5.48. The van der Waals surface area contributed by atoms with E-state index in [0.29, 0.717) is 44.2 Å². The molecular weight excluding hydrogens is 384 g/mol. The van der Waals surface area contributed by atoms with Crippen molar-refractivity contribution in [2.24, 2.45) is 0 Å². The smallest absolute Gasteiger partial charge is 0.199 e. The molecule has 0 saturated carbocycles. The average Bonchev–Trinajstić information content (AvgIpc) is 3.42. The Bertz CT molecular complexity index is 1400. The summed E-state index contributed by atoms with van der Waals surface area (Å²) < 4.78 is 28.3. The van der Waals surface area contributed by atoms with Crippen molar-refractivity contribution in [3.8, 4) is 0 Å². The van der Waals surface area contributed by atoms with Crippen LogP contribution in [0.1, 0.15) is 21.5 Å². The Labute approximate surface area is 169 Å². The monoisotopic (exact) mass is 399 g/mol. The van der Waals surface area contributed by atoms with E-state index in [1.54, 1.807) is 36.7 Å². The van der Waals surface area contributed by atoms with E-state index in [2.05, 4.69) is 15.3 Å². The Balaban J connectivity index is 1.73. The number of ketones is 1. The first-order valence-electron chi connectivity index (χ1n) is 9.54. The van der Waals surface area contributed by atoms with E-state index in [4.69, 9.17) is 0 Å². The number of fused-ring (bicyclic) bond motifs is 3. The SMILES string of the molecule is O=C1c2ccccc2NC1(c1c[nH]c2ccc(F)cc12)c1c[nH]c2ccc(F)cc12. The van der Waals surface area contributed by atoms with Gasteiger partial charge in [0.2, 0.25) is 0 Å². The summed E-state index contributed by atoms with van der Waals surface area (Å²) in [5.74, 6) is -0.966. The fraction of sp³-hybridized carbons (Fsp3) is 0.0417. The maximum Gasteiger partial charge on any atom is 0.199 e. The minimum Gasteiger partial charge on any atom is -0.365 e. The summed E-state index contributed by atoms with van der Waals surface area (Å²) in [5.41, 5.74) is 2.48. The average molecular weight is 399 g/mol. The molecule has 3 aromatic carbocycles. The summed E-state index contributed by atoms with van der Waals surface area (Å²) >= 11 is 0. The molecule has 0 atom stereocenters. The molecule has 6 heteroatoms. The van der Waals surface area contributed by atoms with Crippen molar-refractivity contribution in [1.29, 1.82) is 0 Å². The number of halogens is 2. The summed E-state index contributed by atoms with van der Waals surface area (Å²) in [4.78, 5) is 20.2. The lowest BCUT2D eigenvalue weighted by molar-refractivity contribution is 0.0942. The van der Waals surface area contributed by atoms with Gasteiger partial charge in [0.1, 0.15) is 11.6 Å². The molecule has 0 amide bonds. The first kappa shape index (κ1) is 17.0. The van der Waals surface area contributed by atoms with Crippen LogP contribution in [0.15, 0.2) is 73.1 Å². The van der Waals surface area contributed by atoms with Crippen LogP contribution < -0.4 is 5.32 Å². The minimum atomic E-state index is -1.33. The number of anilines is 1. The summed E-state index contributed by atoms with van der Waals surface area (Å²) in [7, 11) is 0. The number of rotatable bonds is 2. The maximum absolute atomic E-state index is 14.1. The standard InChI is InChI=1S/C24H15F2N3O/c25-13-5-7-20-16(9-13)18(11-27-20)24(23(30)15-3-1-2-4-22(15)29-24)19-12-28-21-8-6-14(26)10-17(19)21/h1-12,27-29H. The van der Waals surface area contributed by atoms with Crippen molar-refractivity contribution >= 4 is 33.3 Å². The minimum absolute atomic E-state index is 0.173. The number of hydrogen-bond acceptors (Lipinski definition) is 2. The van der Waals surface area contributed by atoms with Gasteiger partial charge in [-0.15, -0.1) is 0 Å². The van der Waals surface area contributed by atoms with Crippen LogP contribution >= 0.6 is 0 Å². The van der Waals surface area contributed by atoms with Gasteiger partial charge in [0.25, 0.3) is 0 Å². The van der Waals surface area contributed by atoms with Gasteiger partial charge in [0.15, 0.2) is 11.3 Å². The molecule has 1 aliphatic rings. The van der Waals surface area contributed by atoms with Gasteiger partial charge in [0, 0.05) is 56.6 Å². The maximum atomic E-state index is 14.1. The molecule has 0 unspecified atom stereocenters. The Morgan fingerprint density at radius 3 is 1.87 bits per heavy atom. The number of Topliss-reactive ketones (excluding diaryl/α,β-unsaturated/α-hetero) is 1. The first-order valence-corrected chi connectivity index (χ1v) is 9.54. The molecule has 146 valence electrons. The summed E-state index contributed by atoms with van der Waals surface area (Å²) in [6.45, 7) is 0. The van der Waals surface area contributed by atoms with E-state index in [0.717, 1.165) is 0 Å². The molecule has 0 fully saturated rings. The second-order valence-corrected chi connectivity index (χ2v) is 7.53. The Kier molecular flexibility index (Phi) is 3.28. The van der Waals surface area contributed by atoms with Gasteiger partial charge in [-0.25, -0.2) is 8.78 Å². The van der Waals surface area contributed by atoms with Gasteiger partial charge in [-0.05, 0) is 48.5 Å². The van der Waals surface area contributed by atoms with Crippen LogP contribution in [-0.4, -0.2) is 15.8 Å². The fourth-order valence-electron chi connectivity index (χ4n) is 4.58. The molecule has 0 radical (unpaired) electrons. The molecule has 1 aliphatic heterocycles. The molecule has 3 N–H and O–H groups in total. The van der Waals surface area contributed by atoms with Crippen LogP contribution in [-0.2, 0) is 5.54 Å². The van der Waals surface area contributed by atoms with E-state index < -0.39 is 17.2 Å². The largest absolute Gasteiger partial charge is 0.365 e. The van der Waals surface area contributed by atoms with Crippen LogP contribution in [0.4, 0.5) is 14.5 Å². The van der Waals surface area contributed by atoms with E-state index in [1.807, 2.05) is 12.1 Å². The molecule has 6 rings (SSSR count). The van der Waals surface area contributed by atoms with Crippen LogP contribution in [0.25, 0.3) is 21.8 Å². The first-order chi connectivity index (χ1) is 14.6.